The normalized spacial score (nSPS) is 30.2. The third-order valence-electron chi connectivity index (χ3n) is 5.64. The largest absolute Gasteiger partial charge is 0.374 e. The molecule has 0 saturated carbocycles. The Balaban J connectivity index is 0.00000196. The van der Waals surface area contributed by atoms with Gasteiger partial charge in [-0.2, -0.15) is 0 Å². The molecule has 4 unspecified atom stereocenters. The van der Waals surface area contributed by atoms with Gasteiger partial charge in [-0.1, -0.05) is 12.1 Å². The SMILES string of the molecule is CN=C(NCc1cccc(S(N)(=O)=O)c1)N1CC2C3CCC(O3)C2C1.I. The lowest BCUT2D eigenvalue weighted by molar-refractivity contribution is 0.0767. The van der Waals surface area contributed by atoms with Crippen LogP contribution in [0.4, 0.5) is 0 Å². The number of fused-ring (bicyclic) bond motifs is 5. The molecule has 3 aliphatic rings. The molecule has 0 amide bonds. The standard InChI is InChI=1S/C17H24N4O3S.HI/c1-19-17(20-8-11-3-2-4-12(7-11)25(18,22)23)21-9-13-14(10-21)16-6-5-15(13)24-16;/h2-4,7,13-16H,5-6,8-10H2,1H3,(H,19,20)(H2,18,22,23);1H. The first-order chi connectivity index (χ1) is 12.0. The molecule has 0 aromatic heterocycles. The Morgan fingerprint density at radius 1 is 1.31 bits per heavy atom. The van der Waals surface area contributed by atoms with Crippen molar-refractivity contribution in [3.63, 3.8) is 0 Å². The molecule has 26 heavy (non-hydrogen) atoms. The molecule has 0 spiro atoms. The minimum atomic E-state index is -3.68. The molecule has 4 rings (SSSR count). The quantitative estimate of drug-likeness (QED) is 0.375. The van der Waals surface area contributed by atoms with Gasteiger partial charge in [-0.3, -0.25) is 4.99 Å². The number of benzene rings is 1. The number of nitrogens with two attached hydrogens (primary N) is 1. The molecule has 9 heteroatoms. The van der Waals surface area contributed by atoms with E-state index in [1.165, 1.54) is 18.9 Å². The summed E-state index contributed by atoms with van der Waals surface area (Å²) in [5.74, 6) is 2.08. The summed E-state index contributed by atoms with van der Waals surface area (Å²) in [6.45, 7) is 2.46. The Hall–Kier alpha value is -0.910. The highest BCUT2D eigenvalue weighted by Gasteiger charge is 2.53. The number of nitrogens with one attached hydrogen (secondary N) is 1. The maximum atomic E-state index is 11.5. The van der Waals surface area contributed by atoms with Gasteiger partial charge in [0.25, 0.3) is 0 Å². The third-order valence-corrected chi connectivity index (χ3v) is 6.55. The van der Waals surface area contributed by atoms with Gasteiger partial charge in [0, 0.05) is 38.5 Å². The van der Waals surface area contributed by atoms with Crippen LogP contribution in [0.2, 0.25) is 0 Å². The highest BCUT2D eigenvalue weighted by atomic mass is 127. The van der Waals surface area contributed by atoms with E-state index in [-0.39, 0.29) is 28.9 Å². The number of nitrogens with zero attached hydrogens (tertiary/aromatic N) is 2. The summed E-state index contributed by atoms with van der Waals surface area (Å²) in [6, 6.07) is 6.68. The molecule has 1 aromatic rings. The minimum absolute atomic E-state index is 0. The van der Waals surface area contributed by atoms with Crippen molar-refractivity contribution in [3.8, 4) is 0 Å². The van der Waals surface area contributed by atoms with Gasteiger partial charge in [0.1, 0.15) is 0 Å². The molecule has 3 N–H and O–H groups in total. The highest BCUT2D eigenvalue weighted by Crippen LogP contribution is 2.47. The maximum absolute atomic E-state index is 11.5. The van der Waals surface area contributed by atoms with Gasteiger partial charge < -0.3 is 15.0 Å². The Morgan fingerprint density at radius 2 is 1.96 bits per heavy atom. The van der Waals surface area contributed by atoms with E-state index < -0.39 is 10.0 Å². The summed E-state index contributed by atoms with van der Waals surface area (Å²) < 4.78 is 29.0. The first-order valence-corrected chi connectivity index (χ1v) is 10.2. The Morgan fingerprint density at radius 3 is 2.54 bits per heavy atom. The van der Waals surface area contributed by atoms with Crippen LogP contribution >= 0.6 is 24.0 Å². The fourth-order valence-corrected chi connectivity index (χ4v) is 5.06. The van der Waals surface area contributed by atoms with Crippen LogP contribution in [0.15, 0.2) is 34.2 Å². The van der Waals surface area contributed by atoms with E-state index in [1.54, 1.807) is 19.2 Å². The first-order valence-electron chi connectivity index (χ1n) is 8.68. The van der Waals surface area contributed by atoms with Crippen LogP contribution in [-0.4, -0.2) is 51.6 Å². The predicted molar refractivity (Wildman–Crippen MR) is 110 cm³/mol. The van der Waals surface area contributed by atoms with Gasteiger partial charge in [0.2, 0.25) is 10.0 Å². The van der Waals surface area contributed by atoms with E-state index in [2.05, 4.69) is 15.2 Å². The topological polar surface area (TPSA) is 97.0 Å². The first kappa shape index (κ1) is 19.8. The Bertz CT molecular complexity index is 783. The summed E-state index contributed by atoms with van der Waals surface area (Å²) in [5, 5.41) is 8.54. The van der Waals surface area contributed by atoms with Gasteiger partial charge >= 0.3 is 0 Å². The van der Waals surface area contributed by atoms with Gasteiger partial charge in [0.15, 0.2) is 5.96 Å². The second-order valence-electron chi connectivity index (χ2n) is 7.12. The van der Waals surface area contributed by atoms with E-state index in [0.717, 1.165) is 24.6 Å². The van der Waals surface area contributed by atoms with Crippen molar-refractivity contribution in [1.82, 2.24) is 10.2 Å². The monoisotopic (exact) mass is 492 g/mol. The molecule has 0 radical (unpaired) electrons. The number of rotatable bonds is 3. The molecular formula is C17H25IN4O3S. The van der Waals surface area contributed by atoms with Crippen LogP contribution in [0, 0.1) is 11.8 Å². The highest BCUT2D eigenvalue weighted by molar-refractivity contribution is 14.0. The molecule has 1 aromatic carbocycles. The fraction of sp³-hybridized carbons (Fsp3) is 0.588. The summed E-state index contributed by atoms with van der Waals surface area (Å²) in [7, 11) is -1.90. The molecule has 3 saturated heterocycles. The van der Waals surface area contributed by atoms with E-state index in [1.807, 2.05) is 6.07 Å². The molecule has 144 valence electrons. The van der Waals surface area contributed by atoms with Crippen LogP contribution in [0.3, 0.4) is 0 Å². The second kappa shape index (κ2) is 7.61. The molecule has 2 bridgehead atoms. The summed E-state index contributed by atoms with van der Waals surface area (Å²) in [6.07, 6.45) is 3.21. The molecule has 0 aliphatic carbocycles. The third kappa shape index (κ3) is 3.71. The lowest BCUT2D eigenvalue weighted by atomic mass is 9.82. The van der Waals surface area contributed by atoms with Crippen molar-refractivity contribution < 1.29 is 13.2 Å². The van der Waals surface area contributed by atoms with Crippen LogP contribution < -0.4 is 10.5 Å². The summed E-state index contributed by atoms with van der Waals surface area (Å²) in [5.41, 5.74) is 0.857. The van der Waals surface area contributed by atoms with Crippen molar-refractivity contribution in [2.45, 2.75) is 36.5 Å². The number of hydrogen-bond acceptors (Lipinski definition) is 4. The van der Waals surface area contributed by atoms with Crippen LogP contribution in [0.25, 0.3) is 0 Å². The average molecular weight is 492 g/mol. The number of guanidine groups is 1. The van der Waals surface area contributed by atoms with Crippen LogP contribution in [0.1, 0.15) is 18.4 Å². The van der Waals surface area contributed by atoms with E-state index in [4.69, 9.17) is 9.88 Å². The van der Waals surface area contributed by atoms with Crippen LogP contribution in [0.5, 0.6) is 0 Å². The van der Waals surface area contributed by atoms with Gasteiger partial charge in [-0.05, 0) is 30.5 Å². The van der Waals surface area contributed by atoms with E-state index in [0.29, 0.717) is 30.6 Å². The fourth-order valence-electron chi connectivity index (χ4n) is 4.48. The van der Waals surface area contributed by atoms with Crippen molar-refractivity contribution in [2.24, 2.45) is 22.0 Å². The van der Waals surface area contributed by atoms with Crippen molar-refractivity contribution in [2.75, 3.05) is 20.1 Å². The number of primary sulfonamides is 1. The Kier molecular flexibility index (Phi) is 5.80. The molecule has 4 atom stereocenters. The number of likely N-dealkylation sites (tertiary alicyclic amines) is 1. The molecule has 3 fully saturated rings. The predicted octanol–water partition coefficient (Wildman–Crippen LogP) is 1.14. The van der Waals surface area contributed by atoms with Crippen molar-refractivity contribution in [3.05, 3.63) is 29.8 Å². The van der Waals surface area contributed by atoms with Gasteiger partial charge in [0.05, 0.1) is 17.1 Å². The molecule has 3 heterocycles. The van der Waals surface area contributed by atoms with Gasteiger partial charge in [-0.15, -0.1) is 24.0 Å². The number of ether oxygens (including phenoxy) is 1. The van der Waals surface area contributed by atoms with Crippen molar-refractivity contribution >= 4 is 40.0 Å². The molecule has 7 nitrogen and oxygen atoms in total. The maximum Gasteiger partial charge on any atom is 0.238 e. The number of aliphatic imine (C=N–C) groups is 1. The van der Waals surface area contributed by atoms with E-state index in [9.17, 15) is 8.42 Å². The number of halogens is 1. The lowest BCUT2D eigenvalue weighted by Gasteiger charge is -2.23. The summed E-state index contributed by atoms with van der Waals surface area (Å²) >= 11 is 0. The van der Waals surface area contributed by atoms with Crippen molar-refractivity contribution in [1.29, 1.82) is 0 Å². The smallest absolute Gasteiger partial charge is 0.238 e. The molecule has 3 aliphatic heterocycles. The summed E-state index contributed by atoms with van der Waals surface area (Å²) in [4.78, 5) is 6.83. The zero-order valence-electron chi connectivity index (χ0n) is 14.7. The average Bonchev–Trinajstić information content (AvgIpc) is 3.28. The lowest BCUT2D eigenvalue weighted by Crippen LogP contribution is -2.41. The number of sulfonamides is 1. The minimum Gasteiger partial charge on any atom is -0.374 e. The zero-order chi connectivity index (χ0) is 17.6. The zero-order valence-corrected chi connectivity index (χ0v) is 17.8. The van der Waals surface area contributed by atoms with Crippen LogP contribution in [-0.2, 0) is 21.3 Å². The molecular weight excluding hydrogens is 467 g/mol. The Labute approximate surface area is 171 Å². The second-order valence-corrected chi connectivity index (χ2v) is 8.68. The van der Waals surface area contributed by atoms with E-state index >= 15 is 0 Å². The van der Waals surface area contributed by atoms with Gasteiger partial charge in [-0.25, -0.2) is 13.6 Å². The number of hydrogen-bond donors (Lipinski definition) is 2.